The van der Waals surface area contributed by atoms with E-state index in [4.69, 9.17) is 14.6 Å². The minimum Gasteiger partial charge on any atom is -0.494 e. The number of carboxylic acid groups (broad SMARTS) is 1. The maximum atomic E-state index is 12.2. The molecule has 0 aliphatic rings. The highest BCUT2D eigenvalue weighted by atomic mass is 32.2. The second-order valence-electron chi connectivity index (χ2n) is 11.9. The average Bonchev–Trinajstić information content (AvgIpc) is 3.45. The largest absolute Gasteiger partial charge is 0.494 e. The van der Waals surface area contributed by atoms with Crippen molar-refractivity contribution in [2.24, 2.45) is 7.05 Å². The number of rotatable bonds is 16. The SMILES string of the molecule is Cc1c(NS(C)(=O)=O)cccc1N(Cc1ccccc1)Cc1ccc(Oc2ccc(OCCCC(=O)Nc3cc(C(=O)O)n(C)c3)cc2)cc1. The van der Waals surface area contributed by atoms with Gasteiger partial charge in [0.05, 0.1) is 24.2 Å². The van der Waals surface area contributed by atoms with Crippen molar-refractivity contribution in [2.75, 3.05) is 27.8 Å². The van der Waals surface area contributed by atoms with Crippen molar-refractivity contribution >= 4 is 39.0 Å². The first kappa shape index (κ1) is 35.6. The van der Waals surface area contributed by atoms with Crippen LogP contribution in [0.4, 0.5) is 17.1 Å². The van der Waals surface area contributed by atoms with Crippen LogP contribution in [-0.4, -0.2) is 42.8 Å². The third-order valence-corrected chi connectivity index (χ3v) is 8.43. The smallest absolute Gasteiger partial charge is 0.352 e. The van der Waals surface area contributed by atoms with Crippen molar-refractivity contribution in [2.45, 2.75) is 32.9 Å². The molecule has 5 aromatic rings. The summed E-state index contributed by atoms with van der Waals surface area (Å²) in [6.07, 6.45) is 3.42. The Morgan fingerprint density at radius 1 is 0.840 bits per heavy atom. The molecule has 11 nitrogen and oxygen atoms in total. The Labute approximate surface area is 292 Å². The van der Waals surface area contributed by atoms with Crippen LogP contribution in [-0.2, 0) is 35.0 Å². The van der Waals surface area contributed by atoms with Gasteiger partial charge in [-0.2, -0.15) is 0 Å². The lowest BCUT2D eigenvalue weighted by Crippen LogP contribution is -2.23. The summed E-state index contributed by atoms with van der Waals surface area (Å²) >= 11 is 0. The molecule has 0 saturated carbocycles. The van der Waals surface area contributed by atoms with Crippen molar-refractivity contribution < 1.29 is 32.6 Å². The zero-order valence-corrected chi connectivity index (χ0v) is 28.9. The van der Waals surface area contributed by atoms with Crippen LogP contribution in [0.1, 0.15) is 40.0 Å². The molecule has 12 heteroatoms. The highest BCUT2D eigenvalue weighted by Gasteiger charge is 2.16. The Hall–Kier alpha value is -5.75. The molecule has 0 spiro atoms. The summed E-state index contributed by atoms with van der Waals surface area (Å²) in [7, 11) is -1.82. The summed E-state index contributed by atoms with van der Waals surface area (Å²) in [5.74, 6) is 0.681. The van der Waals surface area contributed by atoms with Crippen LogP contribution in [0, 0.1) is 6.92 Å². The predicted molar refractivity (Wildman–Crippen MR) is 195 cm³/mol. The van der Waals surface area contributed by atoms with Gasteiger partial charge in [-0.15, -0.1) is 0 Å². The summed E-state index contributed by atoms with van der Waals surface area (Å²) in [6, 6.07) is 32.2. The van der Waals surface area contributed by atoms with Gasteiger partial charge in [-0.1, -0.05) is 48.5 Å². The predicted octanol–water partition coefficient (Wildman–Crippen LogP) is 7.20. The van der Waals surface area contributed by atoms with Crippen LogP contribution in [0.5, 0.6) is 17.2 Å². The van der Waals surface area contributed by atoms with E-state index in [0.717, 1.165) is 28.6 Å². The minimum absolute atomic E-state index is 0.0932. The maximum absolute atomic E-state index is 12.2. The topological polar surface area (TPSA) is 139 Å². The Morgan fingerprint density at radius 2 is 1.46 bits per heavy atom. The number of benzene rings is 4. The Kier molecular flexibility index (Phi) is 11.4. The molecule has 4 aromatic carbocycles. The molecule has 50 heavy (non-hydrogen) atoms. The zero-order valence-electron chi connectivity index (χ0n) is 28.1. The number of anilines is 3. The van der Waals surface area contributed by atoms with E-state index in [-0.39, 0.29) is 18.0 Å². The summed E-state index contributed by atoms with van der Waals surface area (Å²) < 4.78 is 39.9. The fraction of sp³-hybridized carbons (Fsp3) is 0.211. The van der Waals surface area contributed by atoms with Crippen LogP contribution >= 0.6 is 0 Å². The van der Waals surface area contributed by atoms with Gasteiger partial charge in [-0.3, -0.25) is 9.52 Å². The fourth-order valence-electron chi connectivity index (χ4n) is 5.42. The Balaban J connectivity index is 1.14. The van der Waals surface area contributed by atoms with Crippen molar-refractivity contribution in [1.82, 2.24) is 4.57 Å². The standard InChI is InChI=1S/C38H40N4O7S/c1-27-34(40-50(3,46)47)11-7-12-35(27)42(24-28-9-5-4-6-10-28)25-29-14-16-32(17-15-29)49-33-20-18-31(19-21-33)48-22-8-13-37(43)39-30-23-36(38(44)45)41(2)26-30/h4-7,9-12,14-21,23,26,40H,8,13,22,24-25H2,1-3H3,(H,39,43)(H,44,45). The number of aromatic carboxylic acids is 1. The summed E-state index contributed by atoms with van der Waals surface area (Å²) in [6.45, 7) is 3.47. The molecular formula is C38H40N4O7S. The highest BCUT2D eigenvalue weighted by molar-refractivity contribution is 7.92. The monoisotopic (exact) mass is 696 g/mol. The van der Waals surface area contributed by atoms with E-state index in [1.807, 2.05) is 73.7 Å². The lowest BCUT2D eigenvalue weighted by atomic mass is 10.1. The lowest BCUT2D eigenvalue weighted by molar-refractivity contribution is -0.116. The van der Waals surface area contributed by atoms with Crippen molar-refractivity contribution in [3.63, 3.8) is 0 Å². The molecule has 0 radical (unpaired) electrons. The molecule has 1 amide bonds. The number of hydrogen-bond acceptors (Lipinski definition) is 7. The summed E-state index contributed by atoms with van der Waals surface area (Å²) in [5, 5.41) is 11.9. The van der Waals surface area contributed by atoms with Crippen LogP contribution in [0.15, 0.2) is 109 Å². The van der Waals surface area contributed by atoms with Crippen LogP contribution in [0.25, 0.3) is 0 Å². The van der Waals surface area contributed by atoms with Crippen molar-refractivity contribution in [3.8, 4) is 17.2 Å². The van der Waals surface area contributed by atoms with Gasteiger partial charge in [0.1, 0.15) is 22.9 Å². The van der Waals surface area contributed by atoms with Gasteiger partial charge in [0, 0.05) is 38.4 Å². The molecule has 0 atom stereocenters. The molecule has 0 unspecified atom stereocenters. The number of carbonyl (C=O) groups excluding carboxylic acids is 1. The minimum atomic E-state index is -3.43. The van der Waals surface area contributed by atoms with Crippen molar-refractivity contribution in [3.05, 3.63) is 132 Å². The van der Waals surface area contributed by atoms with Gasteiger partial charge in [0.25, 0.3) is 0 Å². The highest BCUT2D eigenvalue weighted by Crippen LogP contribution is 2.31. The number of hydrogen-bond donors (Lipinski definition) is 3. The van der Waals surface area contributed by atoms with E-state index >= 15 is 0 Å². The normalized spacial score (nSPS) is 11.1. The molecule has 0 fully saturated rings. The Bertz CT molecular complexity index is 2030. The number of amides is 1. The molecule has 260 valence electrons. The molecule has 1 aromatic heterocycles. The van der Waals surface area contributed by atoms with E-state index in [2.05, 4.69) is 27.1 Å². The molecule has 3 N–H and O–H groups in total. The fourth-order valence-corrected chi connectivity index (χ4v) is 6.04. The molecule has 5 rings (SSSR count). The van der Waals surface area contributed by atoms with E-state index < -0.39 is 16.0 Å². The third-order valence-electron chi connectivity index (χ3n) is 7.84. The third kappa shape index (κ3) is 10.1. The summed E-state index contributed by atoms with van der Waals surface area (Å²) in [4.78, 5) is 25.7. The van der Waals surface area contributed by atoms with E-state index in [1.54, 1.807) is 31.4 Å². The average molecular weight is 697 g/mol. The Morgan fingerprint density at radius 3 is 2.08 bits per heavy atom. The number of aryl methyl sites for hydroxylation is 1. The molecule has 0 bridgehead atoms. The first-order valence-electron chi connectivity index (χ1n) is 16.0. The number of nitrogens with zero attached hydrogens (tertiary/aromatic N) is 2. The van der Waals surface area contributed by atoms with Crippen LogP contribution in [0.2, 0.25) is 0 Å². The maximum Gasteiger partial charge on any atom is 0.352 e. The number of carbonyl (C=O) groups is 2. The van der Waals surface area contributed by atoms with Gasteiger partial charge in [0.2, 0.25) is 15.9 Å². The van der Waals surface area contributed by atoms with Gasteiger partial charge in [-0.25, -0.2) is 13.2 Å². The first-order chi connectivity index (χ1) is 23.9. The van der Waals surface area contributed by atoms with E-state index in [0.29, 0.717) is 54.7 Å². The van der Waals surface area contributed by atoms with E-state index in [9.17, 15) is 18.0 Å². The van der Waals surface area contributed by atoms with Gasteiger partial charge < -0.3 is 29.4 Å². The van der Waals surface area contributed by atoms with Crippen LogP contribution in [0.3, 0.4) is 0 Å². The first-order valence-corrected chi connectivity index (χ1v) is 17.9. The number of ether oxygens (including phenoxy) is 2. The molecule has 0 aliphatic heterocycles. The number of carboxylic acids is 1. The van der Waals surface area contributed by atoms with Crippen molar-refractivity contribution in [1.29, 1.82) is 0 Å². The second-order valence-corrected chi connectivity index (χ2v) is 13.7. The van der Waals surface area contributed by atoms with Gasteiger partial charge in [0.15, 0.2) is 0 Å². The quantitative estimate of drug-likeness (QED) is 0.0921. The number of nitrogens with one attached hydrogen (secondary N) is 2. The molecule has 0 saturated heterocycles. The second kappa shape index (κ2) is 16.1. The van der Waals surface area contributed by atoms with E-state index in [1.165, 1.54) is 10.6 Å². The number of sulfonamides is 1. The molecular weight excluding hydrogens is 657 g/mol. The number of aromatic nitrogens is 1. The molecule has 0 aliphatic carbocycles. The van der Waals surface area contributed by atoms with Crippen LogP contribution < -0.4 is 24.4 Å². The molecule has 1 heterocycles. The lowest BCUT2D eigenvalue weighted by Gasteiger charge is -2.28. The summed E-state index contributed by atoms with van der Waals surface area (Å²) in [5.41, 5.74) is 5.04. The van der Waals surface area contributed by atoms with Gasteiger partial charge >= 0.3 is 5.97 Å². The zero-order chi connectivity index (χ0) is 35.7. The van der Waals surface area contributed by atoms with Gasteiger partial charge in [-0.05, 0) is 84.6 Å².